The van der Waals surface area contributed by atoms with Crippen molar-refractivity contribution in [3.8, 4) is 40.1 Å². The Balaban J connectivity index is 1.97. The number of benzene rings is 2. The number of aliphatic hydroxyl groups is 3. The molecule has 5 N–H and O–H groups in total. The molecule has 34 heavy (non-hydrogen) atoms. The molecule has 0 aliphatic carbocycles. The van der Waals surface area contributed by atoms with Gasteiger partial charge in [-0.05, 0) is 31.2 Å². The molecule has 0 unspecified atom stereocenters. The smallest absolute Gasteiger partial charge is 0.239 e. The van der Waals surface area contributed by atoms with E-state index in [2.05, 4.69) is 0 Å². The van der Waals surface area contributed by atoms with Gasteiger partial charge in [0, 0.05) is 11.6 Å². The lowest BCUT2D eigenvalue weighted by Crippen LogP contribution is -2.58. The molecule has 11 nitrogen and oxygen atoms in total. The van der Waals surface area contributed by atoms with Gasteiger partial charge >= 0.3 is 0 Å². The molecule has 0 spiro atoms. The predicted octanol–water partition coefficient (Wildman–Crippen LogP) is 1.09. The van der Waals surface area contributed by atoms with Crippen molar-refractivity contribution < 1.29 is 48.9 Å². The number of rotatable bonds is 5. The van der Waals surface area contributed by atoms with Gasteiger partial charge in [0.05, 0.1) is 20.3 Å². The maximum Gasteiger partial charge on any atom is 0.239 e. The molecule has 0 amide bonds. The summed E-state index contributed by atoms with van der Waals surface area (Å²) in [5.74, 6) is -0.938. The highest BCUT2D eigenvalue weighted by Crippen LogP contribution is 2.43. The van der Waals surface area contributed by atoms with Crippen LogP contribution in [0.1, 0.15) is 6.92 Å². The Labute approximate surface area is 192 Å². The summed E-state index contributed by atoms with van der Waals surface area (Å²) in [7, 11) is 2.68. The molecule has 0 bridgehead atoms. The van der Waals surface area contributed by atoms with Crippen molar-refractivity contribution in [1.82, 2.24) is 0 Å². The van der Waals surface area contributed by atoms with Crippen LogP contribution in [-0.4, -0.2) is 70.5 Å². The first-order chi connectivity index (χ1) is 16.2. The number of hydrogen-bond acceptors (Lipinski definition) is 11. The molecular formula is C23H24O11. The third-order valence-electron chi connectivity index (χ3n) is 5.62. The molecule has 1 aromatic heterocycles. The number of ether oxygens (including phenoxy) is 4. The standard InChI is InChI=1S/C23H24O11/c1-9-15(26)17(28)18(29)23(32-9)34-22-16(27)14-12(25)8-13(30-2)20(31-3)21(14)33-19(22)10-4-6-11(24)7-5-10/h4-9,15,17-18,23-26,28-29H,1-3H3/t9-,15-,17+,18+,23+/m1/s1. The fourth-order valence-electron chi connectivity index (χ4n) is 3.77. The van der Waals surface area contributed by atoms with Gasteiger partial charge in [0.1, 0.15) is 35.2 Å². The average Bonchev–Trinajstić information content (AvgIpc) is 2.82. The van der Waals surface area contributed by atoms with E-state index in [1.807, 2.05) is 0 Å². The quantitative estimate of drug-likeness (QED) is 0.357. The predicted molar refractivity (Wildman–Crippen MR) is 117 cm³/mol. The van der Waals surface area contributed by atoms with Crippen molar-refractivity contribution >= 4 is 11.0 Å². The van der Waals surface area contributed by atoms with Crippen LogP contribution in [0.3, 0.4) is 0 Å². The Morgan fingerprint density at radius 2 is 1.59 bits per heavy atom. The summed E-state index contributed by atoms with van der Waals surface area (Å²) in [6.07, 6.45) is -7.15. The van der Waals surface area contributed by atoms with Gasteiger partial charge in [0.2, 0.25) is 23.2 Å². The molecule has 0 radical (unpaired) electrons. The number of fused-ring (bicyclic) bond motifs is 1. The van der Waals surface area contributed by atoms with Gasteiger partial charge in [-0.3, -0.25) is 4.79 Å². The van der Waals surface area contributed by atoms with Gasteiger partial charge < -0.3 is 48.9 Å². The summed E-state index contributed by atoms with van der Waals surface area (Å²) in [5, 5.41) is 50.4. The summed E-state index contributed by atoms with van der Waals surface area (Å²) >= 11 is 0. The summed E-state index contributed by atoms with van der Waals surface area (Å²) in [5.41, 5.74) is -0.657. The molecule has 2 aromatic carbocycles. The number of phenols is 2. The van der Waals surface area contributed by atoms with E-state index in [0.717, 1.165) is 0 Å². The monoisotopic (exact) mass is 476 g/mol. The van der Waals surface area contributed by atoms with Crippen LogP contribution in [0.25, 0.3) is 22.3 Å². The molecule has 1 saturated heterocycles. The molecule has 1 fully saturated rings. The first-order valence-electron chi connectivity index (χ1n) is 10.3. The van der Waals surface area contributed by atoms with Crippen molar-refractivity contribution in [2.24, 2.45) is 0 Å². The zero-order valence-electron chi connectivity index (χ0n) is 18.5. The molecule has 1 aliphatic heterocycles. The third kappa shape index (κ3) is 3.88. The Hall–Kier alpha value is -3.51. The van der Waals surface area contributed by atoms with Crippen molar-refractivity contribution in [2.45, 2.75) is 37.6 Å². The minimum Gasteiger partial charge on any atom is -0.508 e. The zero-order valence-corrected chi connectivity index (χ0v) is 18.5. The molecule has 182 valence electrons. The van der Waals surface area contributed by atoms with E-state index >= 15 is 0 Å². The van der Waals surface area contributed by atoms with Crippen molar-refractivity contribution in [3.05, 3.63) is 40.6 Å². The van der Waals surface area contributed by atoms with Crippen LogP contribution >= 0.6 is 0 Å². The Kier molecular flexibility index (Phi) is 6.28. The minimum absolute atomic E-state index is 0.0387. The SMILES string of the molecule is COc1cc(O)c2c(=O)c(O[C@@H]3O[C@H](C)[C@@H](O)[C@H](O)[C@@H]3O)c(-c3ccc(O)cc3)oc2c1OC. The van der Waals surface area contributed by atoms with Crippen molar-refractivity contribution in [2.75, 3.05) is 14.2 Å². The van der Waals surface area contributed by atoms with Crippen LogP contribution in [-0.2, 0) is 4.74 Å². The first-order valence-corrected chi connectivity index (χ1v) is 10.3. The number of aromatic hydroxyl groups is 2. The summed E-state index contributed by atoms with van der Waals surface area (Å²) < 4.78 is 27.7. The van der Waals surface area contributed by atoms with Crippen molar-refractivity contribution in [1.29, 1.82) is 0 Å². The van der Waals surface area contributed by atoms with Crippen molar-refractivity contribution in [3.63, 3.8) is 0 Å². The van der Waals surface area contributed by atoms with Crippen LogP contribution < -0.4 is 19.6 Å². The summed E-state index contributed by atoms with van der Waals surface area (Å²) in [6.45, 7) is 1.46. The fourth-order valence-corrected chi connectivity index (χ4v) is 3.77. The van der Waals surface area contributed by atoms with Gasteiger partial charge in [-0.15, -0.1) is 0 Å². The highest BCUT2D eigenvalue weighted by molar-refractivity contribution is 5.93. The maximum absolute atomic E-state index is 13.5. The maximum atomic E-state index is 13.5. The van der Waals surface area contributed by atoms with Crippen LogP contribution in [0.4, 0.5) is 0 Å². The second-order valence-electron chi connectivity index (χ2n) is 7.77. The van der Waals surface area contributed by atoms with Gasteiger partial charge in [-0.2, -0.15) is 0 Å². The second-order valence-corrected chi connectivity index (χ2v) is 7.77. The largest absolute Gasteiger partial charge is 0.508 e. The molecule has 5 atom stereocenters. The first kappa shape index (κ1) is 23.6. The van der Waals surface area contributed by atoms with E-state index in [0.29, 0.717) is 5.56 Å². The van der Waals surface area contributed by atoms with Gasteiger partial charge in [-0.1, -0.05) is 0 Å². The topological polar surface area (TPSA) is 168 Å². The normalized spacial score (nSPS) is 24.7. The number of methoxy groups -OCH3 is 2. The van der Waals surface area contributed by atoms with Gasteiger partial charge in [-0.25, -0.2) is 0 Å². The second kappa shape index (κ2) is 9.03. The molecule has 1 aliphatic rings. The van der Waals surface area contributed by atoms with Gasteiger partial charge in [0.25, 0.3) is 0 Å². The zero-order chi connectivity index (χ0) is 24.7. The van der Waals surface area contributed by atoms with Crippen LogP contribution in [0.5, 0.6) is 28.7 Å². The highest BCUT2D eigenvalue weighted by Gasteiger charge is 2.44. The molecule has 4 rings (SSSR count). The number of aliphatic hydroxyl groups excluding tert-OH is 3. The number of hydrogen-bond donors (Lipinski definition) is 5. The minimum atomic E-state index is -1.70. The van der Waals surface area contributed by atoms with Gasteiger partial charge in [0.15, 0.2) is 17.1 Å². The van der Waals surface area contributed by atoms with E-state index < -0.39 is 47.6 Å². The van der Waals surface area contributed by atoms with E-state index in [9.17, 15) is 30.3 Å². The Bertz CT molecular complexity index is 1250. The Morgan fingerprint density at radius 3 is 2.21 bits per heavy atom. The number of phenolic OH excluding ortho intramolecular Hbond substituents is 2. The van der Waals surface area contributed by atoms with E-state index in [-0.39, 0.29) is 34.0 Å². The van der Waals surface area contributed by atoms with E-state index in [1.165, 1.54) is 51.5 Å². The lowest BCUT2D eigenvalue weighted by molar-refractivity contribution is -0.268. The van der Waals surface area contributed by atoms with Crippen LogP contribution in [0.2, 0.25) is 0 Å². The van der Waals surface area contributed by atoms with Crippen LogP contribution in [0.15, 0.2) is 39.5 Å². The van der Waals surface area contributed by atoms with E-state index in [4.69, 9.17) is 23.4 Å². The van der Waals surface area contributed by atoms with Crippen LogP contribution in [0, 0.1) is 0 Å². The fraction of sp³-hybridized carbons (Fsp3) is 0.348. The highest BCUT2D eigenvalue weighted by atomic mass is 16.7. The molecule has 11 heteroatoms. The molecule has 2 heterocycles. The lowest BCUT2D eigenvalue weighted by Gasteiger charge is -2.38. The Morgan fingerprint density at radius 1 is 0.912 bits per heavy atom. The third-order valence-corrected chi connectivity index (χ3v) is 5.62. The molecule has 3 aromatic rings. The lowest BCUT2D eigenvalue weighted by atomic mass is 10.00. The molecular weight excluding hydrogens is 452 g/mol. The average molecular weight is 476 g/mol. The summed E-state index contributed by atoms with van der Waals surface area (Å²) in [4.78, 5) is 13.5. The molecule has 0 saturated carbocycles. The van der Waals surface area contributed by atoms with E-state index in [1.54, 1.807) is 0 Å². The summed E-state index contributed by atoms with van der Waals surface area (Å²) in [6, 6.07) is 6.81.